The monoisotopic (exact) mass is 418 g/mol. The third-order valence-corrected chi connectivity index (χ3v) is 3.19. The molecule has 0 spiro atoms. The smallest absolute Gasteiger partial charge is 0.166 e. The van der Waals surface area contributed by atoms with Crippen LogP contribution in [0.1, 0.15) is 0 Å². The normalized spacial score (nSPS) is 10.7. The van der Waals surface area contributed by atoms with E-state index in [4.69, 9.17) is 4.74 Å². The van der Waals surface area contributed by atoms with Crippen molar-refractivity contribution in [2.24, 2.45) is 4.99 Å². The Balaban J connectivity index is 0.00000220. The Hall–Kier alpha value is -1.28. The average molecular weight is 418 g/mol. The molecule has 0 saturated heterocycles. The number of nitrogens with one attached hydrogen (secondary N) is 1. The maximum atomic E-state index is 13.6. The molecule has 1 N–H and O–H groups in total. The van der Waals surface area contributed by atoms with Crippen molar-refractivity contribution >= 4 is 52.3 Å². The van der Waals surface area contributed by atoms with E-state index in [9.17, 15) is 4.39 Å². The van der Waals surface area contributed by atoms with Crippen LogP contribution in [0.15, 0.2) is 53.5 Å². The maximum absolute atomic E-state index is 13.6. The van der Waals surface area contributed by atoms with Gasteiger partial charge in [0.2, 0.25) is 0 Å². The molecular weight excluding hydrogens is 402 g/mol. The van der Waals surface area contributed by atoms with Gasteiger partial charge in [0.15, 0.2) is 5.17 Å². The molecule has 0 aliphatic heterocycles. The molecule has 2 aromatic carbocycles. The number of thioether (sulfide) groups is 1. The van der Waals surface area contributed by atoms with Gasteiger partial charge >= 0.3 is 0 Å². The quantitative estimate of drug-likeness (QED) is 0.437. The summed E-state index contributed by atoms with van der Waals surface area (Å²) in [6, 6.07) is 13.9. The number of amidine groups is 1. The van der Waals surface area contributed by atoms with Gasteiger partial charge in [-0.2, -0.15) is 0 Å². The Morgan fingerprint density at radius 2 is 1.81 bits per heavy atom. The van der Waals surface area contributed by atoms with Crippen molar-refractivity contribution in [1.82, 2.24) is 0 Å². The van der Waals surface area contributed by atoms with Crippen molar-refractivity contribution in [2.75, 3.05) is 18.7 Å². The number of hydrogen-bond donors (Lipinski definition) is 1. The Bertz CT molecular complexity index is 605. The molecule has 0 atom stereocenters. The van der Waals surface area contributed by atoms with Crippen LogP contribution in [0.25, 0.3) is 0 Å². The average Bonchev–Trinajstić information content (AvgIpc) is 2.49. The second-order valence-electron chi connectivity index (χ2n) is 3.93. The van der Waals surface area contributed by atoms with E-state index in [2.05, 4.69) is 10.3 Å². The first-order valence-electron chi connectivity index (χ1n) is 6.01. The number of methoxy groups -OCH3 is 1. The highest BCUT2D eigenvalue weighted by atomic mass is 127. The van der Waals surface area contributed by atoms with Crippen molar-refractivity contribution in [1.29, 1.82) is 0 Å². The van der Waals surface area contributed by atoms with Gasteiger partial charge in [-0.25, -0.2) is 9.38 Å². The zero-order chi connectivity index (χ0) is 14.4. The Labute approximate surface area is 145 Å². The van der Waals surface area contributed by atoms with E-state index in [1.165, 1.54) is 17.8 Å². The molecule has 112 valence electrons. The van der Waals surface area contributed by atoms with Crippen LogP contribution >= 0.6 is 35.7 Å². The second kappa shape index (κ2) is 8.89. The number of anilines is 1. The fourth-order valence-electron chi connectivity index (χ4n) is 1.57. The molecule has 0 heterocycles. The fourth-order valence-corrected chi connectivity index (χ4v) is 1.98. The van der Waals surface area contributed by atoms with Gasteiger partial charge < -0.3 is 10.1 Å². The van der Waals surface area contributed by atoms with Gasteiger partial charge in [0.05, 0.1) is 7.11 Å². The summed E-state index contributed by atoms with van der Waals surface area (Å²) in [5.74, 6) is 0.447. The summed E-state index contributed by atoms with van der Waals surface area (Å²) in [5.41, 5.74) is 1.19. The lowest BCUT2D eigenvalue weighted by atomic mass is 10.3. The topological polar surface area (TPSA) is 33.6 Å². The molecule has 0 aromatic heterocycles. The van der Waals surface area contributed by atoms with E-state index in [0.29, 0.717) is 10.9 Å². The molecule has 0 saturated carbocycles. The van der Waals surface area contributed by atoms with Crippen LogP contribution in [0.5, 0.6) is 5.75 Å². The largest absolute Gasteiger partial charge is 0.497 e. The third-order valence-electron chi connectivity index (χ3n) is 2.61. The zero-order valence-electron chi connectivity index (χ0n) is 11.7. The Morgan fingerprint density at radius 3 is 2.38 bits per heavy atom. The van der Waals surface area contributed by atoms with Crippen LogP contribution in [0.3, 0.4) is 0 Å². The second-order valence-corrected chi connectivity index (χ2v) is 4.72. The van der Waals surface area contributed by atoms with E-state index in [1.54, 1.807) is 25.3 Å². The van der Waals surface area contributed by atoms with Crippen molar-refractivity contribution in [2.45, 2.75) is 0 Å². The molecule has 21 heavy (non-hydrogen) atoms. The van der Waals surface area contributed by atoms with Gasteiger partial charge in [0.25, 0.3) is 0 Å². The predicted octanol–water partition coefficient (Wildman–Crippen LogP) is 4.91. The summed E-state index contributed by atoms with van der Waals surface area (Å²) in [4.78, 5) is 4.28. The number of nitrogens with zero attached hydrogens (tertiary/aromatic N) is 1. The number of aliphatic imine (C=N–C) groups is 1. The number of hydrogen-bond acceptors (Lipinski definition) is 3. The highest BCUT2D eigenvalue weighted by molar-refractivity contribution is 14.0. The first-order chi connectivity index (χ1) is 9.72. The van der Waals surface area contributed by atoms with Crippen molar-refractivity contribution in [3.8, 4) is 5.75 Å². The van der Waals surface area contributed by atoms with Gasteiger partial charge in [-0.1, -0.05) is 23.9 Å². The molecule has 3 nitrogen and oxygen atoms in total. The SMILES string of the molecule is COc1ccc(NC(=Nc2ccccc2F)SC)cc1.I. The van der Waals surface area contributed by atoms with Crippen molar-refractivity contribution < 1.29 is 9.13 Å². The number of benzene rings is 2. The molecule has 2 rings (SSSR count). The molecule has 0 amide bonds. The van der Waals surface area contributed by atoms with Crippen LogP contribution < -0.4 is 10.1 Å². The van der Waals surface area contributed by atoms with Crippen molar-refractivity contribution in [3.05, 3.63) is 54.3 Å². The summed E-state index contributed by atoms with van der Waals surface area (Å²) in [6.07, 6.45) is 1.89. The van der Waals surface area contributed by atoms with E-state index in [-0.39, 0.29) is 29.8 Å². The number of rotatable bonds is 3. The van der Waals surface area contributed by atoms with Crippen LogP contribution in [-0.4, -0.2) is 18.5 Å². The molecular formula is C15H16FIN2OS. The molecule has 0 unspecified atom stereocenters. The van der Waals surface area contributed by atoms with Crippen LogP contribution in [-0.2, 0) is 0 Å². The zero-order valence-corrected chi connectivity index (χ0v) is 14.8. The van der Waals surface area contributed by atoms with E-state index >= 15 is 0 Å². The minimum atomic E-state index is -0.337. The molecule has 0 fully saturated rings. The highest BCUT2D eigenvalue weighted by Crippen LogP contribution is 2.21. The lowest BCUT2D eigenvalue weighted by Crippen LogP contribution is -2.06. The summed E-state index contributed by atoms with van der Waals surface area (Å²) in [7, 11) is 1.62. The summed E-state index contributed by atoms with van der Waals surface area (Å²) in [5, 5.41) is 3.77. The summed E-state index contributed by atoms with van der Waals surface area (Å²) < 4.78 is 18.7. The first kappa shape index (κ1) is 17.8. The highest BCUT2D eigenvalue weighted by Gasteiger charge is 2.03. The maximum Gasteiger partial charge on any atom is 0.166 e. The molecule has 6 heteroatoms. The lowest BCUT2D eigenvalue weighted by Gasteiger charge is -2.08. The van der Waals surface area contributed by atoms with Crippen LogP contribution in [0.2, 0.25) is 0 Å². The fraction of sp³-hybridized carbons (Fsp3) is 0.133. The molecule has 0 aliphatic rings. The minimum absolute atomic E-state index is 0. The third kappa shape index (κ3) is 5.20. The summed E-state index contributed by atoms with van der Waals surface area (Å²) >= 11 is 1.42. The molecule has 0 bridgehead atoms. The van der Waals surface area contributed by atoms with Gasteiger partial charge in [0.1, 0.15) is 17.3 Å². The Kier molecular flexibility index (Phi) is 7.52. The van der Waals surface area contributed by atoms with E-state index in [0.717, 1.165) is 11.4 Å². The first-order valence-corrected chi connectivity index (χ1v) is 7.23. The Morgan fingerprint density at radius 1 is 1.14 bits per heavy atom. The number of halogens is 2. The lowest BCUT2D eigenvalue weighted by molar-refractivity contribution is 0.415. The van der Waals surface area contributed by atoms with Gasteiger partial charge in [0, 0.05) is 5.69 Å². The van der Waals surface area contributed by atoms with E-state index in [1.807, 2.05) is 30.5 Å². The van der Waals surface area contributed by atoms with Gasteiger partial charge in [-0.3, -0.25) is 0 Å². The molecule has 2 aromatic rings. The minimum Gasteiger partial charge on any atom is -0.497 e. The van der Waals surface area contributed by atoms with Crippen molar-refractivity contribution in [3.63, 3.8) is 0 Å². The summed E-state index contributed by atoms with van der Waals surface area (Å²) in [6.45, 7) is 0. The predicted molar refractivity (Wildman–Crippen MR) is 99.0 cm³/mol. The standard InChI is InChI=1S/C15H15FN2OS.HI/c1-19-12-9-7-11(8-10-12)17-15(20-2)18-14-6-4-3-5-13(14)16;/h3-10H,1-2H3,(H,17,18);1H. The van der Waals surface area contributed by atoms with E-state index < -0.39 is 0 Å². The number of ether oxygens (including phenoxy) is 1. The number of para-hydroxylation sites is 1. The molecule has 0 aliphatic carbocycles. The van der Waals surface area contributed by atoms with Crippen LogP contribution in [0, 0.1) is 5.82 Å². The molecule has 0 radical (unpaired) electrons. The van der Waals surface area contributed by atoms with Gasteiger partial charge in [-0.05, 0) is 42.7 Å². The van der Waals surface area contributed by atoms with Gasteiger partial charge in [-0.15, -0.1) is 24.0 Å². The van der Waals surface area contributed by atoms with Crippen LogP contribution in [0.4, 0.5) is 15.8 Å².